The van der Waals surface area contributed by atoms with Crippen molar-refractivity contribution in [1.82, 2.24) is 10.3 Å². The fraction of sp³-hybridized carbons (Fsp3) is 0.259. The number of rotatable bonds is 7. The Morgan fingerprint density at radius 3 is 2.47 bits per heavy atom. The molecule has 0 atom stereocenters. The maximum atomic E-state index is 14.4. The summed E-state index contributed by atoms with van der Waals surface area (Å²) in [6.45, 7) is 4.46. The van der Waals surface area contributed by atoms with Crippen molar-refractivity contribution < 1.29 is 23.9 Å². The summed E-state index contributed by atoms with van der Waals surface area (Å²) in [6, 6.07) is 11.3. The molecule has 0 saturated carbocycles. The molecule has 0 spiro atoms. The number of hydrogen-bond donors (Lipinski definition) is 4. The SMILES string of the molecule is CNC(=O)c1cc(Cl)c(F)cc1NC(=O)C1(c2ccccc2C(C)C)CN(c2cnc(C(=O)O)c(N)c2)C1. The second kappa shape index (κ2) is 10.3. The lowest BCUT2D eigenvalue weighted by atomic mass is 9.69. The molecule has 2 aromatic carbocycles. The third-order valence-electron chi connectivity index (χ3n) is 6.71. The van der Waals surface area contributed by atoms with Crippen LogP contribution in [0.1, 0.15) is 51.7 Å². The number of aromatic nitrogens is 1. The summed E-state index contributed by atoms with van der Waals surface area (Å²) < 4.78 is 14.4. The summed E-state index contributed by atoms with van der Waals surface area (Å²) in [6.07, 6.45) is 1.40. The molecule has 0 aliphatic carbocycles. The number of nitrogens with one attached hydrogen (secondary N) is 2. The molecule has 198 valence electrons. The molecule has 0 radical (unpaired) electrons. The largest absolute Gasteiger partial charge is 0.476 e. The molecule has 9 nitrogen and oxygen atoms in total. The molecule has 4 rings (SSSR count). The second-order valence-corrected chi connectivity index (χ2v) is 9.87. The standard InChI is InChI=1S/C27H27ClFN5O4/c1-14(2)16-6-4-5-7-18(16)27(12-34(13-27)15-8-21(30)23(25(36)37)32-11-15)26(38)33-22-10-20(29)19(28)9-17(22)24(35)31-3/h4-11,14H,12-13,30H2,1-3H3,(H,31,35)(H,33,38)(H,36,37). The van der Waals surface area contributed by atoms with Gasteiger partial charge in [0.25, 0.3) is 5.91 Å². The number of carboxylic acids is 1. The Labute approximate surface area is 223 Å². The number of pyridine rings is 1. The van der Waals surface area contributed by atoms with E-state index in [1.54, 1.807) is 0 Å². The van der Waals surface area contributed by atoms with Gasteiger partial charge < -0.3 is 26.4 Å². The van der Waals surface area contributed by atoms with Crippen molar-refractivity contribution in [3.63, 3.8) is 0 Å². The molecule has 11 heteroatoms. The third kappa shape index (κ3) is 4.74. The summed E-state index contributed by atoms with van der Waals surface area (Å²) >= 11 is 5.91. The molecule has 1 fully saturated rings. The van der Waals surface area contributed by atoms with E-state index in [1.807, 2.05) is 43.0 Å². The average Bonchev–Trinajstić information content (AvgIpc) is 2.85. The van der Waals surface area contributed by atoms with Gasteiger partial charge in [-0.1, -0.05) is 49.7 Å². The quantitative estimate of drug-likeness (QED) is 0.355. The molecule has 1 aromatic heterocycles. The minimum atomic E-state index is -1.24. The Morgan fingerprint density at radius 1 is 1.18 bits per heavy atom. The molecular weight excluding hydrogens is 513 g/mol. The second-order valence-electron chi connectivity index (χ2n) is 9.46. The molecule has 2 heterocycles. The number of aromatic carboxylic acids is 1. The van der Waals surface area contributed by atoms with Crippen molar-refractivity contribution in [3.8, 4) is 0 Å². The van der Waals surface area contributed by atoms with Crippen LogP contribution >= 0.6 is 11.6 Å². The van der Waals surface area contributed by atoms with Gasteiger partial charge in [0.05, 0.1) is 33.8 Å². The molecule has 3 aromatic rings. The molecule has 2 amide bonds. The van der Waals surface area contributed by atoms with Gasteiger partial charge in [-0.15, -0.1) is 0 Å². The lowest BCUT2D eigenvalue weighted by molar-refractivity contribution is -0.122. The summed E-state index contributed by atoms with van der Waals surface area (Å²) in [5.41, 5.74) is 6.91. The Kier molecular flexibility index (Phi) is 7.28. The van der Waals surface area contributed by atoms with Gasteiger partial charge >= 0.3 is 5.97 Å². The fourth-order valence-corrected chi connectivity index (χ4v) is 4.86. The topological polar surface area (TPSA) is 138 Å². The number of nitrogens with zero attached hydrogens (tertiary/aromatic N) is 2. The van der Waals surface area contributed by atoms with E-state index in [0.29, 0.717) is 5.69 Å². The van der Waals surface area contributed by atoms with Crippen LogP contribution in [0.5, 0.6) is 0 Å². The Bertz CT molecular complexity index is 1440. The number of nitrogens with two attached hydrogens (primary N) is 1. The number of carbonyl (C=O) groups excluding carboxylic acids is 2. The average molecular weight is 540 g/mol. The first-order valence-electron chi connectivity index (χ1n) is 11.8. The number of carbonyl (C=O) groups is 3. The van der Waals surface area contributed by atoms with Crippen molar-refractivity contribution in [2.75, 3.05) is 36.1 Å². The number of anilines is 3. The molecule has 38 heavy (non-hydrogen) atoms. The number of amides is 2. The predicted molar refractivity (Wildman–Crippen MR) is 143 cm³/mol. The first-order chi connectivity index (χ1) is 18.0. The van der Waals surface area contributed by atoms with E-state index in [4.69, 9.17) is 17.3 Å². The molecule has 1 aliphatic heterocycles. The van der Waals surface area contributed by atoms with Gasteiger partial charge in [-0.3, -0.25) is 9.59 Å². The van der Waals surface area contributed by atoms with Crippen molar-refractivity contribution >= 4 is 46.4 Å². The Balaban J connectivity index is 1.75. The van der Waals surface area contributed by atoms with Crippen LogP contribution in [0, 0.1) is 5.82 Å². The van der Waals surface area contributed by atoms with Crippen molar-refractivity contribution in [3.05, 3.63) is 81.9 Å². The van der Waals surface area contributed by atoms with Gasteiger partial charge in [0.2, 0.25) is 5.91 Å². The van der Waals surface area contributed by atoms with E-state index < -0.39 is 29.0 Å². The smallest absolute Gasteiger partial charge is 0.356 e. The van der Waals surface area contributed by atoms with E-state index in [1.165, 1.54) is 25.4 Å². The van der Waals surface area contributed by atoms with Gasteiger partial charge in [0.1, 0.15) is 11.2 Å². The van der Waals surface area contributed by atoms with Gasteiger partial charge in [-0.05, 0) is 35.2 Å². The van der Waals surface area contributed by atoms with Crippen LogP contribution in [0.25, 0.3) is 0 Å². The van der Waals surface area contributed by atoms with Crippen LogP contribution in [0.2, 0.25) is 5.02 Å². The molecular formula is C27H27ClFN5O4. The molecule has 0 bridgehead atoms. The Hall–Kier alpha value is -4.18. The fourth-order valence-electron chi connectivity index (χ4n) is 4.70. The van der Waals surface area contributed by atoms with Crippen LogP contribution in [0.3, 0.4) is 0 Å². The highest BCUT2D eigenvalue weighted by Gasteiger charge is 2.52. The van der Waals surface area contributed by atoms with Gasteiger partial charge in [-0.25, -0.2) is 14.2 Å². The monoisotopic (exact) mass is 539 g/mol. The van der Waals surface area contributed by atoms with Crippen molar-refractivity contribution in [1.29, 1.82) is 0 Å². The normalized spacial score (nSPS) is 14.1. The predicted octanol–water partition coefficient (Wildman–Crippen LogP) is 4.03. The van der Waals surface area contributed by atoms with Crippen molar-refractivity contribution in [2.45, 2.75) is 25.2 Å². The Morgan fingerprint density at radius 2 is 1.87 bits per heavy atom. The summed E-state index contributed by atoms with van der Waals surface area (Å²) in [7, 11) is 1.42. The van der Waals surface area contributed by atoms with Gasteiger partial charge in [-0.2, -0.15) is 0 Å². The highest BCUT2D eigenvalue weighted by Crippen LogP contribution is 2.42. The maximum absolute atomic E-state index is 14.4. The number of benzene rings is 2. The third-order valence-corrected chi connectivity index (χ3v) is 7.00. The maximum Gasteiger partial charge on any atom is 0.356 e. The lowest BCUT2D eigenvalue weighted by Gasteiger charge is -2.51. The lowest BCUT2D eigenvalue weighted by Crippen LogP contribution is -2.65. The van der Waals surface area contributed by atoms with Crippen LogP contribution in [-0.4, -0.2) is 48.0 Å². The number of carboxylic acid groups (broad SMARTS) is 1. The highest BCUT2D eigenvalue weighted by atomic mass is 35.5. The molecule has 1 saturated heterocycles. The highest BCUT2D eigenvalue weighted by molar-refractivity contribution is 6.31. The van der Waals surface area contributed by atoms with Crippen molar-refractivity contribution in [2.24, 2.45) is 0 Å². The summed E-state index contributed by atoms with van der Waals surface area (Å²) in [4.78, 5) is 43.6. The van der Waals surface area contributed by atoms with E-state index in [2.05, 4.69) is 15.6 Å². The summed E-state index contributed by atoms with van der Waals surface area (Å²) in [5, 5.41) is 14.2. The van der Waals surface area contributed by atoms with Crippen LogP contribution in [-0.2, 0) is 10.2 Å². The number of halogens is 2. The van der Waals surface area contributed by atoms with E-state index >= 15 is 0 Å². The molecule has 1 aliphatic rings. The van der Waals surface area contributed by atoms with Crippen LogP contribution < -0.4 is 21.3 Å². The van der Waals surface area contributed by atoms with E-state index in [0.717, 1.165) is 17.2 Å². The number of hydrogen-bond acceptors (Lipinski definition) is 6. The summed E-state index contributed by atoms with van der Waals surface area (Å²) in [5.74, 6) is -2.88. The van der Waals surface area contributed by atoms with E-state index in [9.17, 15) is 23.9 Å². The van der Waals surface area contributed by atoms with Crippen LogP contribution in [0.4, 0.5) is 21.5 Å². The minimum absolute atomic E-state index is 0.00592. The van der Waals surface area contributed by atoms with Gasteiger partial charge in [0.15, 0.2) is 5.69 Å². The van der Waals surface area contributed by atoms with Gasteiger partial charge in [0, 0.05) is 20.1 Å². The first kappa shape index (κ1) is 26.9. The van der Waals surface area contributed by atoms with E-state index in [-0.39, 0.29) is 46.7 Å². The number of nitrogen functional groups attached to an aromatic ring is 1. The zero-order valence-corrected chi connectivity index (χ0v) is 21.8. The molecule has 5 N–H and O–H groups in total. The molecule has 0 unspecified atom stereocenters. The zero-order chi connectivity index (χ0) is 27.8. The first-order valence-corrected chi connectivity index (χ1v) is 12.2. The van der Waals surface area contributed by atoms with Crippen LogP contribution in [0.15, 0.2) is 48.7 Å². The zero-order valence-electron chi connectivity index (χ0n) is 21.0. The minimum Gasteiger partial charge on any atom is -0.476 e.